The molecule has 3 rings (SSSR count). The van der Waals surface area contributed by atoms with E-state index in [0.29, 0.717) is 6.54 Å². The topological polar surface area (TPSA) is 46.6 Å². The number of benzene rings is 2. The van der Waals surface area contributed by atoms with E-state index in [2.05, 4.69) is 0 Å². The van der Waals surface area contributed by atoms with Crippen LogP contribution in [0.3, 0.4) is 0 Å². The van der Waals surface area contributed by atoms with E-state index in [9.17, 15) is 9.59 Å². The zero-order valence-electron chi connectivity index (χ0n) is 13.7. The first-order valence-corrected chi connectivity index (χ1v) is 8.79. The molecule has 25 heavy (non-hydrogen) atoms. The predicted octanol–water partition coefficient (Wildman–Crippen LogP) is 4.52. The van der Waals surface area contributed by atoms with Crippen LogP contribution >= 0.6 is 23.2 Å². The lowest BCUT2D eigenvalue weighted by molar-refractivity contribution is -0.126. The second-order valence-electron chi connectivity index (χ2n) is 5.87. The maximum absolute atomic E-state index is 12.8. The zero-order chi connectivity index (χ0) is 18.0. The van der Waals surface area contributed by atoms with E-state index in [1.807, 2.05) is 24.3 Å². The number of esters is 1. The van der Waals surface area contributed by atoms with Crippen LogP contribution in [-0.2, 0) is 16.0 Å². The van der Waals surface area contributed by atoms with Crippen LogP contribution in [0.5, 0.6) is 0 Å². The molecule has 1 atom stereocenters. The van der Waals surface area contributed by atoms with Gasteiger partial charge in [0.2, 0.25) is 0 Å². The largest absolute Gasteiger partial charge is 0.449 e. The first kappa shape index (κ1) is 17.8. The van der Waals surface area contributed by atoms with Crippen LogP contribution < -0.4 is 4.90 Å². The van der Waals surface area contributed by atoms with Crippen molar-refractivity contribution >= 4 is 40.8 Å². The smallest absolute Gasteiger partial charge is 0.340 e. The van der Waals surface area contributed by atoms with Gasteiger partial charge in [0.1, 0.15) is 0 Å². The summed E-state index contributed by atoms with van der Waals surface area (Å²) in [6.45, 7) is 2.17. The summed E-state index contributed by atoms with van der Waals surface area (Å²) in [5.74, 6) is -0.919. The van der Waals surface area contributed by atoms with Gasteiger partial charge in [-0.25, -0.2) is 4.79 Å². The van der Waals surface area contributed by atoms with Crippen LogP contribution in [0.25, 0.3) is 0 Å². The molecule has 1 aliphatic heterocycles. The fraction of sp³-hybridized carbons (Fsp3) is 0.263. The number of para-hydroxylation sites is 1. The van der Waals surface area contributed by atoms with Crippen LogP contribution in [0.15, 0.2) is 42.5 Å². The van der Waals surface area contributed by atoms with E-state index in [4.69, 9.17) is 27.9 Å². The number of carbonyl (C=O) groups excluding carboxylic acids is 2. The Morgan fingerprint density at radius 1 is 1.12 bits per heavy atom. The van der Waals surface area contributed by atoms with Gasteiger partial charge < -0.3 is 9.64 Å². The Bertz CT molecular complexity index is 822. The van der Waals surface area contributed by atoms with Crippen molar-refractivity contribution in [1.82, 2.24) is 0 Å². The molecule has 0 saturated heterocycles. The highest BCUT2D eigenvalue weighted by molar-refractivity contribution is 6.43. The molecule has 1 amide bonds. The lowest BCUT2D eigenvalue weighted by Gasteiger charge is -2.31. The van der Waals surface area contributed by atoms with Crippen LogP contribution in [-0.4, -0.2) is 24.5 Å². The maximum Gasteiger partial charge on any atom is 0.340 e. The molecule has 1 aliphatic rings. The van der Waals surface area contributed by atoms with Gasteiger partial charge in [-0.05, 0) is 43.5 Å². The molecule has 0 saturated carbocycles. The minimum Gasteiger partial charge on any atom is -0.449 e. The molecule has 0 spiro atoms. The van der Waals surface area contributed by atoms with Crippen LogP contribution in [0.1, 0.15) is 29.3 Å². The Morgan fingerprint density at radius 2 is 1.88 bits per heavy atom. The van der Waals surface area contributed by atoms with E-state index < -0.39 is 12.1 Å². The second-order valence-corrected chi connectivity index (χ2v) is 6.66. The zero-order valence-corrected chi connectivity index (χ0v) is 15.2. The number of halogens is 2. The average molecular weight is 378 g/mol. The molecular weight excluding hydrogens is 361 g/mol. The number of fused-ring (bicyclic) bond motifs is 1. The van der Waals surface area contributed by atoms with Gasteiger partial charge in [-0.1, -0.05) is 47.5 Å². The highest BCUT2D eigenvalue weighted by Crippen LogP contribution is 2.29. The number of ether oxygens (including phenoxy) is 1. The predicted molar refractivity (Wildman–Crippen MR) is 98.5 cm³/mol. The van der Waals surface area contributed by atoms with Crippen molar-refractivity contribution in [2.24, 2.45) is 0 Å². The highest BCUT2D eigenvalue weighted by Gasteiger charge is 2.29. The number of amides is 1. The maximum atomic E-state index is 12.8. The Hall–Kier alpha value is -2.04. The first-order valence-electron chi connectivity index (χ1n) is 8.03. The van der Waals surface area contributed by atoms with Gasteiger partial charge in [0.05, 0.1) is 15.6 Å². The Balaban J connectivity index is 1.76. The quantitative estimate of drug-likeness (QED) is 0.738. The standard InChI is InChI=1S/C19H17Cl2NO3/c1-12(25-19(24)14-8-4-9-15(20)17(14)21)18(23)22-11-5-7-13-6-2-3-10-16(13)22/h2-4,6,8-10,12H,5,7,11H2,1H3. The summed E-state index contributed by atoms with van der Waals surface area (Å²) in [6.07, 6.45) is 0.893. The Morgan fingerprint density at radius 3 is 2.68 bits per heavy atom. The molecule has 4 nitrogen and oxygen atoms in total. The van der Waals surface area contributed by atoms with Gasteiger partial charge >= 0.3 is 5.97 Å². The van der Waals surface area contributed by atoms with Gasteiger partial charge in [-0.3, -0.25) is 4.79 Å². The summed E-state index contributed by atoms with van der Waals surface area (Å²) in [6, 6.07) is 12.5. The van der Waals surface area contributed by atoms with Gasteiger partial charge in [0.25, 0.3) is 5.91 Å². The third-order valence-corrected chi connectivity index (χ3v) is 5.00. The monoisotopic (exact) mass is 377 g/mol. The van der Waals surface area contributed by atoms with Crippen molar-refractivity contribution in [3.8, 4) is 0 Å². The molecule has 2 aromatic carbocycles. The molecule has 0 aromatic heterocycles. The summed E-state index contributed by atoms with van der Waals surface area (Å²) in [5.41, 5.74) is 2.15. The van der Waals surface area contributed by atoms with Gasteiger partial charge in [-0.15, -0.1) is 0 Å². The average Bonchev–Trinajstić information content (AvgIpc) is 2.62. The molecule has 130 valence electrons. The van der Waals surface area contributed by atoms with Crippen molar-refractivity contribution < 1.29 is 14.3 Å². The molecule has 2 aromatic rings. The number of anilines is 1. The summed E-state index contributed by atoms with van der Waals surface area (Å²) < 4.78 is 5.33. The van der Waals surface area contributed by atoms with Crippen LogP contribution in [0, 0.1) is 0 Å². The number of carbonyl (C=O) groups is 2. The third kappa shape index (κ3) is 3.65. The second kappa shape index (κ2) is 7.46. The summed E-state index contributed by atoms with van der Waals surface area (Å²) in [5, 5.41) is 0.386. The van der Waals surface area contributed by atoms with Gasteiger partial charge in [-0.2, -0.15) is 0 Å². The van der Waals surface area contributed by atoms with Gasteiger partial charge in [0.15, 0.2) is 6.10 Å². The number of hydrogen-bond donors (Lipinski definition) is 0. The molecule has 0 aliphatic carbocycles. The Kier molecular flexibility index (Phi) is 5.30. The van der Waals surface area contributed by atoms with Crippen molar-refractivity contribution in [2.45, 2.75) is 25.9 Å². The molecule has 0 N–H and O–H groups in total. The van der Waals surface area contributed by atoms with E-state index in [1.165, 1.54) is 6.07 Å². The lowest BCUT2D eigenvalue weighted by Crippen LogP contribution is -2.42. The van der Waals surface area contributed by atoms with E-state index >= 15 is 0 Å². The van der Waals surface area contributed by atoms with Gasteiger partial charge in [0, 0.05) is 12.2 Å². The fourth-order valence-corrected chi connectivity index (χ4v) is 3.30. The molecule has 6 heteroatoms. The highest BCUT2D eigenvalue weighted by atomic mass is 35.5. The number of rotatable bonds is 3. The third-order valence-electron chi connectivity index (χ3n) is 4.18. The summed E-state index contributed by atoms with van der Waals surface area (Å²) in [4.78, 5) is 26.8. The summed E-state index contributed by atoms with van der Waals surface area (Å²) in [7, 11) is 0. The minimum absolute atomic E-state index is 0.122. The molecule has 0 fully saturated rings. The molecule has 0 radical (unpaired) electrons. The Labute approximate surface area is 156 Å². The lowest BCUT2D eigenvalue weighted by atomic mass is 10.0. The van der Waals surface area contributed by atoms with E-state index in [1.54, 1.807) is 24.0 Å². The normalized spacial score (nSPS) is 14.6. The molecule has 1 unspecified atom stereocenters. The minimum atomic E-state index is -0.922. The van der Waals surface area contributed by atoms with Crippen molar-refractivity contribution in [3.05, 3.63) is 63.6 Å². The van der Waals surface area contributed by atoms with Crippen molar-refractivity contribution in [1.29, 1.82) is 0 Å². The molecule has 0 bridgehead atoms. The van der Waals surface area contributed by atoms with Crippen LogP contribution in [0.4, 0.5) is 5.69 Å². The number of nitrogens with zero attached hydrogens (tertiary/aromatic N) is 1. The van der Waals surface area contributed by atoms with Crippen molar-refractivity contribution in [3.63, 3.8) is 0 Å². The number of hydrogen-bond acceptors (Lipinski definition) is 3. The van der Waals surface area contributed by atoms with Crippen LogP contribution in [0.2, 0.25) is 10.0 Å². The van der Waals surface area contributed by atoms with E-state index in [-0.39, 0.29) is 21.5 Å². The summed E-state index contributed by atoms with van der Waals surface area (Å²) >= 11 is 12.0. The molecular formula is C19H17Cl2NO3. The first-order chi connectivity index (χ1) is 12.0. The van der Waals surface area contributed by atoms with Crippen molar-refractivity contribution in [2.75, 3.05) is 11.4 Å². The molecule has 1 heterocycles. The van der Waals surface area contributed by atoms with E-state index in [0.717, 1.165) is 24.1 Å². The SMILES string of the molecule is CC(OC(=O)c1cccc(Cl)c1Cl)C(=O)N1CCCc2ccccc21. The number of aryl methyl sites for hydroxylation is 1. The fourth-order valence-electron chi connectivity index (χ4n) is 2.92.